The van der Waals surface area contributed by atoms with E-state index in [1.165, 1.54) is 11.1 Å². The van der Waals surface area contributed by atoms with Crippen molar-refractivity contribution < 1.29 is 4.79 Å². The average molecular weight is 472 g/mol. The molecule has 0 bridgehead atoms. The van der Waals surface area contributed by atoms with Gasteiger partial charge in [-0.15, -0.1) is 0 Å². The third-order valence-electron chi connectivity index (χ3n) is 4.88. The van der Waals surface area contributed by atoms with Gasteiger partial charge in [-0.1, -0.05) is 52.5 Å². The Bertz CT molecular complexity index is 1000. The van der Waals surface area contributed by atoms with E-state index in [4.69, 9.17) is 46.4 Å². The number of nitrogens with one attached hydrogen (secondary N) is 2. The number of hydrogen-bond acceptors (Lipinski definition) is 4. The van der Waals surface area contributed by atoms with E-state index in [0.29, 0.717) is 15.7 Å². The largest absolute Gasteiger partial charge is 0.323 e. The summed E-state index contributed by atoms with van der Waals surface area (Å²) in [6.45, 7) is 1.59. The van der Waals surface area contributed by atoms with Crippen molar-refractivity contribution in [3.63, 3.8) is 0 Å². The third-order valence-corrected chi connectivity index (χ3v) is 5.96. The summed E-state index contributed by atoms with van der Waals surface area (Å²) in [5.74, 6) is -0.0334. The first-order valence-corrected chi connectivity index (χ1v) is 10.6. The number of halogens is 4. The first-order chi connectivity index (χ1) is 13.7. The number of anilines is 2. The lowest BCUT2D eigenvalue weighted by Crippen LogP contribution is -2.48. The SMILES string of the molecule is CC(Cl)(Cl)C1=NC(C(=O)Nc2ccc3c(c2)CCC3)NN1c1ccc(Cl)c(Cl)c1. The van der Waals surface area contributed by atoms with Crippen molar-refractivity contribution in [2.45, 2.75) is 36.7 Å². The molecule has 152 valence electrons. The number of rotatable bonds is 4. The van der Waals surface area contributed by atoms with Crippen molar-refractivity contribution in [3.8, 4) is 0 Å². The molecule has 2 aliphatic rings. The first-order valence-electron chi connectivity index (χ1n) is 9.12. The predicted molar refractivity (Wildman–Crippen MR) is 121 cm³/mol. The Hall–Kier alpha value is -1.50. The maximum Gasteiger partial charge on any atom is 0.265 e. The predicted octanol–water partition coefficient (Wildman–Crippen LogP) is 5.36. The highest BCUT2D eigenvalue weighted by atomic mass is 35.5. The van der Waals surface area contributed by atoms with Crippen LogP contribution in [0.2, 0.25) is 10.0 Å². The third kappa shape index (κ3) is 4.35. The molecule has 9 heteroatoms. The summed E-state index contributed by atoms with van der Waals surface area (Å²) in [7, 11) is 0. The molecule has 1 amide bonds. The van der Waals surface area contributed by atoms with Gasteiger partial charge in [-0.3, -0.25) is 9.80 Å². The normalized spacial score (nSPS) is 18.6. The molecule has 1 aliphatic heterocycles. The van der Waals surface area contributed by atoms with Gasteiger partial charge < -0.3 is 5.32 Å². The minimum atomic E-state index is -1.33. The molecular weight excluding hydrogens is 454 g/mol. The molecule has 1 atom stereocenters. The molecule has 2 N–H and O–H groups in total. The van der Waals surface area contributed by atoms with E-state index in [2.05, 4.69) is 21.8 Å². The van der Waals surface area contributed by atoms with Crippen LogP contribution in [0.25, 0.3) is 0 Å². The summed E-state index contributed by atoms with van der Waals surface area (Å²) in [6, 6.07) is 11.0. The minimum absolute atomic E-state index is 0.285. The van der Waals surface area contributed by atoms with Crippen LogP contribution in [0.1, 0.15) is 24.5 Å². The molecule has 5 nitrogen and oxygen atoms in total. The molecule has 0 saturated carbocycles. The molecule has 1 heterocycles. The van der Waals surface area contributed by atoms with E-state index in [9.17, 15) is 4.79 Å². The Balaban J connectivity index is 1.57. The number of alkyl halides is 2. The summed E-state index contributed by atoms with van der Waals surface area (Å²) in [6.07, 6.45) is 2.37. The van der Waals surface area contributed by atoms with Crippen LogP contribution in [-0.2, 0) is 17.6 Å². The molecule has 0 aromatic heterocycles. The summed E-state index contributed by atoms with van der Waals surface area (Å²) in [5, 5.41) is 5.24. The standard InChI is InChI=1S/C20H18Cl4N4O/c1-20(23,24)19-26-17(27-28(19)14-7-8-15(21)16(22)10-14)18(29)25-13-6-5-11-3-2-4-12(11)9-13/h5-10,17,27H,2-4H2,1H3,(H,25,29). The second-order valence-electron chi connectivity index (χ2n) is 7.13. The quantitative estimate of drug-likeness (QED) is 0.589. The Labute approximate surface area is 188 Å². The zero-order valence-corrected chi connectivity index (χ0v) is 18.5. The summed E-state index contributed by atoms with van der Waals surface area (Å²) >= 11 is 24.8. The van der Waals surface area contributed by atoms with Crippen LogP contribution in [0.15, 0.2) is 41.4 Å². The number of amides is 1. The number of aryl methyl sites for hydroxylation is 2. The highest BCUT2D eigenvalue weighted by molar-refractivity contribution is 6.59. The Morgan fingerprint density at radius 3 is 2.62 bits per heavy atom. The van der Waals surface area contributed by atoms with Gasteiger partial charge in [0, 0.05) is 5.69 Å². The molecule has 1 unspecified atom stereocenters. The van der Waals surface area contributed by atoms with E-state index in [-0.39, 0.29) is 11.7 Å². The molecule has 0 radical (unpaired) electrons. The zero-order valence-electron chi connectivity index (χ0n) is 15.5. The molecule has 2 aromatic rings. The van der Waals surface area contributed by atoms with Crippen molar-refractivity contribution in [1.29, 1.82) is 0 Å². The smallest absolute Gasteiger partial charge is 0.265 e. The van der Waals surface area contributed by atoms with Gasteiger partial charge in [0.15, 0.2) is 16.3 Å². The molecule has 0 saturated heterocycles. The molecule has 4 rings (SSSR count). The maximum atomic E-state index is 12.8. The number of carbonyl (C=O) groups excluding carboxylic acids is 1. The fourth-order valence-electron chi connectivity index (χ4n) is 3.50. The van der Waals surface area contributed by atoms with Gasteiger partial charge in [0.1, 0.15) is 0 Å². The van der Waals surface area contributed by atoms with E-state index >= 15 is 0 Å². The van der Waals surface area contributed by atoms with Crippen molar-refractivity contribution in [3.05, 3.63) is 57.6 Å². The lowest BCUT2D eigenvalue weighted by atomic mass is 10.1. The molecule has 1 aliphatic carbocycles. The topological polar surface area (TPSA) is 56.7 Å². The van der Waals surface area contributed by atoms with Gasteiger partial charge in [-0.25, -0.2) is 4.99 Å². The van der Waals surface area contributed by atoms with Crippen molar-refractivity contribution in [2.24, 2.45) is 4.99 Å². The minimum Gasteiger partial charge on any atom is -0.323 e. The van der Waals surface area contributed by atoms with Crippen molar-refractivity contribution in [1.82, 2.24) is 5.43 Å². The number of benzene rings is 2. The van der Waals surface area contributed by atoms with E-state index < -0.39 is 10.5 Å². The van der Waals surface area contributed by atoms with Crippen LogP contribution in [-0.4, -0.2) is 22.2 Å². The number of carbonyl (C=O) groups is 1. The fraction of sp³-hybridized carbons (Fsp3) is 0.300. The molecule has 0 fully saturated rings. The summed E-state index contributed by atoms with van der Waals surface area (Å²) in [5.41, 5.74) is 6.99. The number of fused-ring (bicyclic) bond motifs is 1. The van der Waals surface area contributed by atoms with Crippen LogP contribution >= 0.6 is 46.4 Å². The van der Waals surface area contributed by atoms with Crippen molar-refractivity contribution >= 4 is 69.5 Å². The highest BCUT2D eigenvalue weighted by Gasteiger charge is 2.39. The Morgan fingerprint density at radius 1 is 1.14 bits per heavy atom. The Kier molecular flexibility index (Phi) is 5.70. The second-order valence-corrected chi connectivity index (χ2v) is 9.65. The average Bonchev–Trinajstić information content (AvgIpc) is 3.30. The van der Waals surface area contributed by atoms with Crippen LogP contribution < -0.4 is 15.8 Å². The number of aliphatic imine (C=N–C) groups is 1. The zero-order chi connectivity index (χ0) is 20.8. The highest BCUT2D eigenvalue weighted by Crippen LogP contribution is 2.33. The van der Waals surface area contributed by atoms with E-state index in [0.717, 1.165) is 24.9 Å². The second kappa shape index (κ2) is 7.97. The lowest BCUT2D eigenvalue weighted by molar-refractivity contribution is -0.117. The van der Waals surface area contributed by atoms with Crippen LogP contribution in [0.4, 0.5) is 11.4 Å². The Morgan fingerprint density at radius 2 is 1.90 bits per heavy atom. The molecule has 2 aromatic carbocycles. The fourth-order valence-corrected chi connectivity index (χ4v) is 4.06. The molecule has 29 heavy (non-hydrogen) atoms. The van der Waals surface area contributed by atoms with Gasteiger partial charge >= 0.3 is 0 Å². The monoisotopic (exact) mass is 470 g/mol. The van der Waals surface area contributed by atoms with Gasteiger partial charge in [-0.05, 0) is 67.6 Å². The van der Waals surface area contributed by atoms with Crippen LogP contribution in [0.3, 0.4) is 0 Å². The maximum absolute atomic E-state index is 12.8. The first kappa shape index (κ1) is 20.8. The number of hydrogen-bond donors (Lipinski definition) is 2. The molecular formula is C20H18Cl4N4O. The number of nitrogens with zero attached hydrogens (tertiary/aromatic N) is 2. The summed E-state index contributed by atoms with van der Waals surface area (Å²) < 4.78 is -1.33. The van der Waals surface area contributed by atoms with E-state index in [1.54, 1.807) is 30.1 Å². The van der Waals surface area contributed by atoms with Gasteiger partial charge in [-0.2, -0.15) is 5.43 Å². The van der Waals surface area contributed by atoms with Crippen LogP contribution in [0, 0.1) is 0 Å². The van der Waals surface area contributed by atoms with Gasteiger partial charge in [0.25, 0.3) is 5.91 Å². The van der Waals surface area contributed by atoms with Crippen molar-refractivity contribution in [2.75, 3.05) is 10.3 Å². The molecule has 0 spiro atoms. The van der Waals surface area contributed by atoms with E-state index in [1.807, 2.05) is 12.1 Å². The van der Waals surface area contributed by atoms with Crippen LogP contribution in [0.5, 0.6) is 0 Å². The number of hydrazine groups is 1. The van der Waals surface area contributed by atoms with Gasteiger partial charge in [0.05, 0.1) is 15.7 Å². The van der Waals surface area contributed by atoms with Gasteiger partial charge in [0.2, 0.25) is 0 Å². The summed E-state index contributed by atoms with van der Waals surface area (Å²) in [4.78, 5) is 17.3. The number of amidine groups is 1. The lowest BCUT2D eigenvalue weighted by Gasteiger charge is -2.26.